The van der Waals surface area contributed by atoms with Gasteiger partial charge in [0.25, 0.3) is 0 Å². The van der Waals surface area contributed by atoms with Crippen LogP contribution in [0.25, 0.3) is 5.57 Å². The van der Waals surface area contributed by atoms with Crippen LogP contribution in [0.1, 0.15) is 17.5 Å². The average Bonchev–Trinajstić information content (AvgIpc) is 2.66. The van der Waals surface area contributed by atoms with E-state index in [1.54, 1.807) is 0 Å². The van der Waals surface area contributed by atoms with Crippen molar-refractivity contribution in [2.75, 3.05) is 13.6 Å². The fourth-order valence-corrected chi connectivity index (χ4v) is 2.50. The number of nitrogens with zero attached hydrogens (tertiary/aromatic N) is 1. The molecule has 3 N–H and O–H groups in total. The molecule has 2 aromatic rings. The molecule has 0 amide bonds. The Labute approximate surface area is 150 Å². The molecule has 0 aliphatic carbocycles. The molecule has 0 aromatic heterocycles. The topological polar surface area (TPSA) is 50.4 Å². The van der Waals surface area contributed by atoms with Crippen molar-refractivity contribution in [3.63, 3.8) is 0 Å². The molecule has 3 heteroatoms. The van der Waals surface area contributed by atoms with Crippen LogP contribution < -0.4 is 11.2 Å². The summed E-state index contributed by atoms with van der Waals surface area (Å²) in [7, 11) is 1.94. The molecule has 0 bridgehead atoms. The Morgan fingerprint density at radius 3 is 2.20 bits per heavy atom. The van der Waals surface area contributed by atoms with Gasteiger partial charge in [0.1, 0.15) is 0 Å². The number of hydrazone groups is 1. The molecule has 0 aliphatic rings. The van der Waals surface area contributed by atoms with Gasteiger partial charge in [0, 0.05) is 11.1 Å². The third kappa shape index (κ3) is 5.59. The van der Waals surface area contributed by atoms with E-state index in [0.29, 0.717) is 0 Å². The van der Waals surface area contributed by atoms with Gasteiger partial charge in [0.15, 0.2) is 0 Å². The molecule has 2 aromatic carbocycles. The van der Waals surface area contributed by atoms with E-state index in [0.717, 1.165) is 41.0 Å². The van der Waals surface area contributed by atoms with E-state index in [2.05, 4.69) is 35.2 Å². The summed E-state index contributed by atoms with van der Waals surface area (Å²) in [6, 6.07) is 20.1. The van der Waals surface area contributed by atoms with Crippen LogP contribution in [0.3, 0.4) is 0 Å². The van der Waals surface area contributed by atoms with Crippen molar-refractivity contribution >= 4 is 11.3 Å². The molecule has 2 rings (SSSR count). The zero-order valence-corrected chi connectivity index (χ0v) is 14.7. The van der Waals surface area contributed by atoms with Crippen molar-refractivity contribution < 1.29 is 0 Å². The summed E-state index contributed by atoms with van der Waals surface area (Å²) in [4.78, 5) is 0. The van der Waals surface area contributed by atoms with Gasteiger partial charge in [-0.25, -0.2) is 0 Å². The first kappa shape index (κ1) is 18.4. The smallest absolute Gasteiger partial charge is 0.0977 e. The summed E-state index contributed by atoms with van der Waals surface area (Å²) in [6.45, 7) is 5.09. The number of rotatable bonds is 8. The second-order valence-corrected chi connectivity index (χ2v) is 5.64. The van der Waals surface area contributed by atoms with E-state index in [9.17, 15) is 0 Å². The molecular weight excluding hydrogens is 306 g/mol. The molecule has 0 spiro atoms. The number of benzene rings is 2. The highest BCUT2D eigenvalue weighted by Crippen LogP contribution is 2.22. The fourth-order valence-electron chi connectivity index (χ4n) is 2.50. The maximum Gasteiger partial charge on any atom is 0.0977 e. The quantitative estimate of drug-likeness (QED) is 0.251. The number of nitrogens with one attached hydrogen (secondary N) is 1. The van der Waals surface area contributed by atoms with Crippen molar-refractivity contribution in [3.8, 4) is 0 Å². The summed E-state index contributed by atoms with van der Waals surface area (Å²) in [6.07, 6.45) is 7.13. The summed E-state index contributed by atoms with van der Waals surface area (Å²) in [5.74, 6) is 5.75. The van der Waals surface area contributed by atoms with E-state index in [4.69, 9.17) is 5.84 Å². The third-order valence-corrected chi connectivity index (χ3v) is 3.74. The molecule has 0 unspecified atom stereocenters. The lowest BCUT2D eigenvalue weighted by Crippen LogP contribution is -2.08. The molecule has 0 saturated carbocycles. The summed E-state index contributed by atoms with van der Waals surface area (Å²) in [5.41, 5.74) is 4.65. The van der Waals surface area contributed by atoms with Crippen LogP contribution in [0.5, 0.6) is 0 Å². The minimum atomic E-state index is 0.747. The predicted molar refractivity (Wildman–Crippen MR) is 108 cm³/mol. The highest BCUT2D eigenvalue weighted by molar-refractivity contribution is 6.32. The van der Waals surface area contributed by atoms with Crippen molar-refractivity contribution in [2.45, 2.75) is 6.42 Å². The number of nitrogens with two attached hydrogens (primary N) is 1. The van der Waals surface area contributed by atoms with Crippen molar-refractivity contribution in [3.05, 3.63) is 102 Å². The van der Waals surface area contributed by atoms with E-state index >= 15 is 0 Å². The number of allylic oxidation sites excluding steroid dienone is 4. The Bertz CT molecular complexity index is 756. The van der Waals surface area contributed by atoms with Gasteiger partial charge in [-0.15, -0.1) is 0 Å². The molecule has 3 nitrogen and oxygen atoms in total. The average molecular weight is 331 g/mol. The third-order valence-electron chi connectivity index (χ3n) is 3.74. The highest BCUT2D eigenvalue weighted by atomic mass is 15.1. The van der Waals surface area contributed by atoms with Gasteiger partial charge in [-0.1, -0.05) is 79.4 Å². The standard InChI is InChI=1S/C22H25N3/c1-18(11-9-10-16-24-2)17-21(19-12-5-3-6-13-19)22(25-23)20-14-7-4-8-15-20/h3-9,11-15,17,24H,1,10,16,23H2,2H3/b11-9-,21-17-,25-22-. The van der Waals surface area contributed by atoms with Crippen LogP contribution in [0.2, 0.25) is 0 Å². The first-order valence-electron chi connectivity index (χ1n) is 8.37. The summed E-state index contributed by atoms with van der Waals surface area (Å²) >= 11 is 0. The fraction of sp³-hybridized carbons (Fsp3) is 0.136. The lowest BCUT2D eigenvalue weighted by molar-refractivity contribution is 0.807. The van der Waals surface area contributed by atoms with Gasteiger partial charge >= 0.3 is 0 Å². The molecule has 25 heavy (non-hydrogen) atoms. The van der Waals surface area contributed by atoms with Gasteiger partial charge in [-0.3, -0.25) is 0 Å². The van der Waals surface area contributed by atoms with Crippen molar-refractivity contribution in [2.24, 2.45) is 10.9 Å². The summed E-state index contributed by atoms with van der Waals surface area (Å²) < 4.78 is 0. The Kier molecular flexibility index (Phi) is 7.41. The van der Waals surface area contributed by atoms with Gasteiger partial charge in [-0.05, 0) is 37.2 Å². The first-order chi connectivity index (χ1) is 12.3. The van der Waals surface area contributed by atoms with E-state index < -0.39 is 0 Å². The van der Waals surface area contributed by atoms with E-state index in [-0.39, 0.29) is 0 Å². The maximum absolute atomic E-state index is 5.75. The van der Waals surface area contributed by atoms with Crippen LogP contribution >= 0.6 is 0 Å². The number of hydrogen-bond donors (Lipinski definition) is 2. The lowest BCUT2D eigenvalue weighted by Gasteiger charge is -2.11. The Morgan fingerprint density at radius 2 is 1.64 bits per heavy atom. The molecular formula is C22H25N3. The van der Waals surface area contributed by atoms with Crippen LogP contribution in [-0.2, 0) is 0 Å². The van der Waals surface area contributed by atoms with Crippen molar-refractivity contribution in [1.82, 2.24) is 5.32 Å². The lowest BCUT2D eigenvalue weighted by atomic mass is 9.94. The predicted octanol–water partition coefficient (Wildman–Crippen LogP) is 4.15. The van der Waals surface area contributed by atoms with Crippen LogP contribution in [-0.4, -0.2) is 19.3 Å². The van der Waals surface area contributed by atoms with Crippen LogP contribution in [0.4, 0.5) is 0 Å². The molecule has 0 radical (unpaired) electrons. The molecule has 0 atom stereocenters. The highest BCUT2D eigenvalue weighted by Gasteiger charge is 2.12. The molecule has 0 saturated heterocycles. The van der Waals surface area contributed by atoms with Crippen LogP contribution in [0, 0.1) is 0 Å². The molecule has 128 valence electrons. The Balaban J connectivity index is 2.39. The van der Waals surface area contributed by atoms with Gasteiger partial charge < -0.3 is 11.2 Å². The Morgan fingerprint density at radius 1 is 1.04 bits per heavy atom. The van der Waals surface area contributed by atoms with E-state index in [1.165, 1.54) is 0 Å². The Hall–Kier alpha value is -2.91. The normalized spacial score (nSPS) is 12.5. The number of hydrogen-bond acceptors (Lipinski definition) is 3. The zero-order chi connectivity index (χ0) is 17.9. The minimum absolute atomic E-state index is 0.747. The monoisotopic (exact) mass is 331 g/mol. The van der Waals surface area contributed by atoms with E-state index in [1.807, 2.05) is 67.7 Å². The second-order valence-electron chi connectivity index (χ2n) is 5.64. The van der Waals surface area contributed by atoms with Gasteiger partial charge in [-0.2, -0.15) is 5.10 Å². The van der Waals surface area contributed by atoms with Gasteiger partial charge in [0.05, 0.1) is 5.71 Å². The van der Waals surface area contributed by atoms with Crippen LogP contribution in [0.15, 0.2) is 96.1 Å². The SMILES string of the molecule is C=C(/C=C\CCNC)/C=C(\C(=N/N)c1ccccc1)c1ccccc1. The zero-order valence-electron chi connectivity index (χ0n) is 14.7. The molecule has 0 aliphatic heterocycles. The largest absolute Gasteiger partial charge is 0.323 e. The molecule has 0 heterocycles. The maximum atomic E-state index is 5.75. The first-order valence-corrected chi connectivity index (χ1v) is 8.37. The van der Waals surface area contributed by atoms with Gasteiger partial charge in [0.2, 0.25) is 0 Å². The second kappa shape index (κ2) is 10.1. The van der Waals surface area contributed by atoms with Crippen molar-refractivity contribution in [1.29, 1.82) is 0 Å². The summed E-state index contributed by atoms with van der Waals surface area (Å²) in [5, 5.41) is 7.20. The molecule has 0 fully saturated rings. The minimum Gasteiger partial charge on any atom is -0.323 e.